The average molecular weight is 854 g/mol. The molecule has 4 aliphatic heterocycles. The van der Waals surface area contributed by atoms with Crippen molar-refractivity contribution in [1.82, 2.24) is 14.5 Å². The summed E-state index contributed by atoms with van der Waals surface area (Å²) >= 11 is 0. The summed E-state index contributed by atoms with van der Waals surface area (Å²) in [6.45, 7) is 5.27. The monoisotopic (exact) mass is 853 g/mol. The van der Waals surface area contributed by atoms with Crippen LogP contribution in [-0.4, -0.2) is 94.3 Å². The Morgan fingerprint density at radius 3 is 1.73 bits per heavy atom. The van der Waals surface area contributed by atoms with Gasteiger partial charge in [-0.15, -0.1) is 4.73 Å². The number of rotatable bonds is 12. The molecule has 324 valence electrons. The molecule has 2 N–H and O–H groups in total. The first-order chi connectivity index (χ1) is 30.5. The molecule has 0 bridgehead atoms. The zero-order chi connectivity index (χ0) is 44.2. The normalized spacial score (nSPS) is 18.5. The molecule has 2 saturated heterocycles. The van der Waals surface area contributed by atoms with E-state index in [1.54, 1.807) is 24.3 Å². The largest absolute Gasteiger partial charge is 0.493 e. The van der Waals surface area contributed by atoms with Crippen LogP contribution in [-0.2, 0) is 18.0 Å². The highest BCUT2D eigenvalue weighted by atomic mass is 16.7. The maximum atomic E-state index is 13.7. The molecule has 15 heteroatoms. The molecular weight excluding hydrogens is 807 g/mol. The predicted octanol–water partition coefficient (Wildman–Crippen LogP) is 7.01. The number of carbonyl (C=O) groups excluding carboxylic acids is 3. The Balaban J connectivity index is 1.02. The van der Waals surface area contributed by atoms with Crippen molar-refractivity contribution in [2.45, 2.75) is 71.2 Å². The summed E-state index contributed by atoms with van der Waals surface area (Å²) in [5, 5.41) is 19.5. The van der Waals surface area contributed by atoms with Gasteiger partial charge in [0.15, 0.2) is 23.0 Å². The Morgan fingerprint density at radius 2 is 1.25 bits per heavy atom. The van der Waals surface area contributed by atoms with E-state index in [1.165, 1.54) is 37.5 Å². The van der Waals surface area contributed by atoms with Crippen LogP contribution in [0, 0.1) is 11.8 Å². The van der Waals surface area contributed by atoms with Crippen molar-refractivity contribution in [3.8, 4) is 46.6 Å². The number of aliphatic imine (C=N–C) groups is 2. The Kier molecular flexibility index (Phi) is 12.2. The number of hydrogen-bond acceptors (Lipinski definition) is 12. The third-order valence-corrected chi connectivity index (χ3v) is 11.4. The topological polar surface area (TPSA) is 174 Å². The molecule has 8 rings (SSSR count). The van der Waals surface area contributed by atoms with E-state index in [0.29, 0.717) is 81.7 Å². The lowest BCUT2D eigenvalue weighted by atomic mass is 10.1. The number of aromatic hydroxyl groups is 2. The Hall–Kier alpha value is -7.47. The van der Waals surface area contributed by atoms with Crippen molar-refractivity contribution in [3.05, 3.63) is 106 Å². The molecular formula is C48H47N5O10. The molecule has 4 aromatic rings. The minimum absolute atomic E-state index is 0.000241. The first-order valence-corrected chi connectivity index (χ1v) is 20.7. The van der Waals surface area contributed by atoms with Crippen LogP contribution >= 0.6 is 0 Å². The van der Waals surface area contributed by atoms with Crippen molar-refractivity contribution in [2.75, 3.05) is 27.3 Å². The molecule has 3 aromatic carbocycles. The van der Waals surface area contributed by atoms with Crippen LogP contribution in [0.1, 0.15) is 83.4 Å². The lowest BCUT2D eigenvalue weighted by Crippen LogP contribution is -2.35. The highest BCUT2D eigenvalue weighted by Crippen LogP contribution is 2.41. The summed E-state index contributed by atoms with van der Waals surface area (Å²) in [5.41, 5.74) is 6.43. The molecule has 63 heavy (non-hydrogen) atoms. The summed E-state index contributed by atoms with van der Waals surface area (Å²) in [6, 6.07) is 14.7. The zero-order valence-electron chi connectivity index (χ0n) is 35.4. The highest BCUT2D eigenvalue weighted by molar-refractivity contribution is 6.04. The second-order valence-corrected chi connectivity index (χ2v) is 15.5. The molecule has 15 nitrogen and oxygen atoms in total. The van der Waals surface area contributed by atoms with E-state index in [4.69, 9.17) is 33.8 Å². The van der Waals surface area contributed by atoms with Gasteiger partial charge in [0.05, 0.1) is 48.8 Å². The Morgan fingerprint density at radius 1 is 0.746 bits per heavy atom. The second-order valence-electron chi connectivity index (χ2n) is 15.5. The number of allylic oxidation sites excluding steroid dienone is 2. The first-order valence-electron chi connectivity index (χ1n) is 20.7. The molecule has 5 heterocycles. The van der Waals surface area contributed by atoms with Crippen molar-refractivity contribution < 1.29 is 48.4 Å². The molecule has 0 saturated carbocycles. The molecule has 1 aromatic heterocycles. The van der Waals surface area contributed by atoms with E-state index in [1.807, 2.05) is 66.4 Å². The van der Waals surface area contributed by atoms with Gasteiger partial charge in [0.1, 0.15) is 13.2 Å². The number of ether oxygens (including phenoxy) is 4. The van der Waals surface area contributed by atoms with E-state index < -0.39 is 17.7 Å². The van der Waals surface area contributed by atoms with Crippen LogP contribution in [0.2, 0.25) is 0 Å². The fraction of sp³-hybridized carbons (Fsp3) is 0.312. The van der Waals surface area contributed by atoms with E-state index in [-0.39, 0.29) is 43.5 Å². The molecule has 2 atom stereocenters. The number of fused-ring (bicyclic) bond motifs is 4. The predicted molar refractivity (Wildman–Crippen MR) is 234 cm³/mol. The van der Waals surface area contributed by atoms with Crippen molar-refractivity contribution in [3.63, 3.8) is 0 Å². The minimum atomic E-state index is -0.643. The molecule has 0 spiro atoms. The average Bonchev–Trinajstić information content (AvgIpc) is 3.96. The third-order valence-electron chi connectivity index (χ3n) is 11.4. The highest BCUT2D eigenvalue weighted by Gasteiger charge is 2.36. The molecule has 0 unspecified atom stereocenters. The Bertz CT molecular complexity index is 2510. The fourth-order valence-electron chi connectivity index (χ4n) is 7.98. The number of hydrogen-bond donors (Lipinski definition) is 2. The summed E-state index contributed by atoms with van der Waals surface area (Å²) < 4.78 is 24.8. The van der Waals surface area contributed by atoms with Gasteiger partial charge in [0.2, 0.25) is 11.8 Å². The van der Waals surface area contributed by atoms with Gasteiger partial charge in [0, 0.05) is 68.2 Å². The maximum Gasteiger partial charge on any atom is 0.333 e. The van der Waals surface area contributed by atoms with Crippen LogP contribution in [0.25, 0.3) is 0 Å². The maximum absolute atomic E-state index is 13.7. The molecule has 2 amide bonds. The number of unbranched alkanes of at least 4 members (excludes halogenated alkanes) is 1. The van der Waals surface area contributed by atoms with Gasteiger partial charge in [-0.05, 0) is 74.6 Å². The molecule has 4 aliphatic rings. The van der Waals surface area contributed by atoms with Gasteiger partial charge in [0.25, 0.3) is 11.8 Å². The lowest BCUT2D eigenvalue weighted by Gasteiger charge is -2.20. The molecule has 0 aliphatic carbocycles. The van der Waals surface area contributed by atoms with E-state index in [9.17, 15) is 24.6 Å². The number of benzene rings is 3. The van der Waals surface area contributed by atoms with Crippen molar-refractivity contribution in [2.24, 2.45) is 9.98 Å². The standard InChI is InChI=1S/C48H47N5O10/c1-5-29-17-34-23-49-38-21-42(40(59-3)19-36(38)47(57)51(34)25-29)61-27-32-14-31(10-8-7-9-11-46(56)63-53-44(54)12-13-45(53)55)15-33(16-32)28-62-43-22-39-37(20-41(43)60-4)48(58)52-26-30(6-2)18-35(52)24-50-39/h5-6,12-16,19-24,34-35,54-55H,7,9,11,17-18,25-28H2,1-4H3/t34-,35-/m0/s1. The van der Waals surface area contributed by atoms with Crippen molar-refractivity contribution >= 4 is 41.6 Å². The minimum Gasteiger partial charge on any atom is -0.493 e. The van der Waals surface area contributed by atoms with E-state index >= 15 is 0 Å². The van der Waals surface area contributed by atoms with Gasteiger partial charge in [-0.3, -0.25) is 19.6 Å². The summed E-state index contributed by atoms with van der Waals surface area (Å²) in [7, 11) is 3.05. The first kappa shape index (κ1) is 42.2. The summed E-state index contributed by atoms with van der Waals surface area (Å²) in [6.07, 6.45) is 9.93. The zero-order valence-corrected chi connectivity index (χ0v) is 35.4. The second kappa shape index (κ2) is 18.3. The summed E-state index contributed by atoms with van der Waals surface area (Å²) in [5.74, 6) is 6.23. The summed E-state index contributed by atoms with van der Waals surface area (Å²) in [4.78, 5) is 57.7. The van der Waals surface area contributed by atoms with Gasteiger partial charge >= 0.3 is 5.97 Å². The lowest BCUT2D eigenvalue weighted by molar-refractivity contribution is -0.145. The fourth-order valence-corrected chi connectivity index (χ4v) is 7.98. The van der Waals surface area contributed by atoms with Gasteiger partial charge in [-0.25, -0.2) is 4.79 Å². The van der Waals surface area contributed by atoms with E-state index in [2.05, 4.69) is 11.8 Å². The van der Waals surface area contributed by atoms with Crippen LogP contribution < -0.4 is 23.8 Å². The quantitative estimate of drug-likeness (QED) is 0.0858. The van der Waals surface area contributed by atoms with Gasteiger partial charge < -0.3 is 43.8 Å². The third kappa shape index (κ3) is 8.97. The van der Waals surface area contributed by atoms with Crippen LogP contribution in [0.3, 0.4) is 0 Å². The SMILES string of the molecule is CC=C1C[C@H]2C=Nc3cc(OCc4cc(C#CCCCC(=O)On5c(O)ccc5O)cc(COc5cc6c(cc5OC)C(=O)N5CC(=CC)C[C@H]5C=N6)c4)c(OC)cc3C(=O)N2C1. The van der Waals surface area contributed by atoms with Gasteiger partial charge in [-0.2, -0.15) is 0 Å². The van der Waals surface area contributed by atoms with E-state index in [0.717, 1.165) is 24.0 Å². The Labute approximate surface area is 364 Å². The van der Waals surface area contributed by atoms with Crippen molar-refractivity contribution in [1.29, 1.82) is 0 Å². The molecule has 2 fully saturated rings. The number of aromatic nitrogens is 1. The number of amides is 2. The number of nitrogens with zero attached hydrogens (tertiary/aromatic N) is 5. The molecule has 0 radical (unpaired) electrons. The van der Waals surface area contributed by atoms with Crippen LogP contribution in [0.4, 0.5) is 11.4 Å². The van der Waals surface area contributed by atoms with Crippen LogP contribution in [0.15, 0.2) is 87.9 Å². The number of methoxy groups -OCH3 is 2. The van der Waals surface area contributed by atoms with Gasteiger partial charge in [-0.1, -0.05) is 35.1 Å². The smallest absolute Gasteiger partial charge is 0.333 e. The van der Waals surface area contributed by atoms with Crippen LogP contribution in [0.5, 0.6) is 34.8 Å². The number of carbonyl (C=O) groups is 3.